The second-order valence-electron chi connectivity index (χ2n) is 4.25. The Bertz CT molecular complexity index is 551. The fourth-order valence-electron chi connectivity index (χ4n) is 2.26. The molecule has 1 heterocycles. The first kappa shape index (κ1) is 10.2. The lowest BCUT2D eigenvalue weighted by Gasteiger charge is -2.04. The van der Waals surface area contributed by atoms with Gasteiger partial charge < -0.3 is 5.32 Å². The first-order chi connectivity index (χ1) is 8.36. The van der Waals surface area contributed by atoms with Gasteiger partial charge in [0.2, 0.25) is 0 Å². The Hall–Kier alpha value is -1.97. The van der Waals surface area contributed by atoms with Crippen molar-refractivity contribution in [3.8, 4) is 11.4 Å². The number of aryl methyl sites for hydroxylation is 2. The second kappa shape index (κ2) is 4.13. The highest BCUT2D eigenvalue weighted by Crippen LogP contribution is 2.26. The quantitative estimate of drug-likeness (QED) is 0.851. The Morgan fingerprint density at radius 2 is 2.06 bits per heavy atom. The van der Waals surface area contributed by atoms with Crippen LogP contribution in [0.2, 0.25) is 0 Å². The van der Waals surface area contributed by atoms with Crippen LogP contribution in [0.15, 0.2) is 24.4 Å². The third-order valence-electron chi connectivity index (χ3n) is 3.17. The van der Waals surface area contributed by atoms with Crippen LogP contribution in [0.4, 0.5) is 5.82 Å². The van der Waals surface area contributed by atoms with Crippen molar-refractivity contribution in [2.75, 3.05) is 12.4 Å². The molecule has 0 saturated carbocycles. The molecule has 0 aliphatic heterocycles. The lowest BCUT2D eigenvalue weighted by Crippen LogP contribution is -1.98. The van der Waals surface area contributed by atoms with E-state index in [0.29, 0.717) is 5.82 Å². The molecule has 0 fully saturated rings. The summed E-state index contributed by atoms with van der Waals surface area (Å²) in [7, 11) is 1.83. The summed E-state index contributed by atoms with van der Waals surface area (Å²) < 4.78 is 0. The molecule has 1 N–H and O–H groups in total. The van der Waals surface area contributed by atoms with E-state index in [1.807, 2.05) is 7.05 Å². The van der Waals surface area contributed by atoms with Crippen molar-refractivity contribution in [2.24, 2.45) is 0 Å². The summed E-state index contributed by atoms with van der Waals surface area (Å²) in [5.74, 6) is 1.43. The average Bonchev–Trinajstić information content (AvgIpc) is 2.86. The fourth-order valence-corrected chi connectivity index (χ4v) is 2.26. The molecule has 0 spiro atoms. The Morgan fingerprint density at radius 1 is 1.18 bits per heavy atom. The zero-order chi connectivity index (χ0) is 11.7. The minimum absolute atomic E-state index is 0.687. The van der Waals surface area contributed by atoms with E-state index in [9.17, 15) is 0 Å². The Labute approximate surface area is 100 Å². The highest BCUT2D eigenvalue weighted by molar-refractivity contribution is 5.59. The molecule has 4 heteroatoms. The minimum Gasteiger partial charge on any atom is -0.372 e. The van der Waals surface area contributed by atoms with Gasteiger partial charge in [-0.2, -0.15) is 5.10 Å². The zero-order valence-corrected chi connectivity index (χ0v) is 9.77. The smallest absolute Gasteiger partial charge is 0.183 e. The van der Waals surface area contributed by atoms with Gasteiger partial charge in [-0.15, -0.1) is 5.10 Å². The van der Waals surface area contributed by atoms with E-state index in [-0.39, 0.29) is 0 Å². The van der Waals surface area contributed by atoms with Crippen molar-refractivity contribution in [3.63, 3.8) is 0 Å². The molecule has 0 unspecified atom stereocenters. The zero-order valence-electron chi connectivity index (χ0n) is 9.77. The topological polar surface area (TPSA) is 50.7 Å². The van der Waals surface area contributed by atoms with Gasteiger partial charge in [-0.25, -0.2) is 4.98 Å². The number of nitrogens with zero attached hydrogens (tertiary/aromatic N) is 3. The third kappa shape index (κ3) is 1.86. The van der Waals surface area contributed by atoms with Crippen LogP contribution >= 0.6 is 0 Å². The minimum atomic E-state index is 0.687. The summed E-state index contributed by atoms with van der Waals surface area (Å²) in [6, 6.07) is 6.46. The molecule has 0 radical (unpaired) electrons. The van der Waals surface area contributed by atoms with Crippen LogP contribution in [0.5, 0.6) is 0 Å². The fraction of sp³-hybridized carbons (Fsp3) is 0.308. The molecule has 0 atom stereocenters. The number of benzene rings is 1. The Balaban J connectivity index is 2.03. The molecule has 1 aliphatic carbocycles. The molecule has 1 aromatic carbocycles. The first-order valence-electron chi connectivity index (χ1n) is 5.86. The van der Waals surface area contributed by atoms with Crippen molar-refractivity contribution in [1.82, 2.24) is 15.2 Å². The third-order valence-corrected chi connectivity index (χ3v) is 3.17. The SMILES string of the molecule is CNc1cnnc(-c2ccc3c(c2)CCC3)n1. The van der Waals surface area contributed by atoms with E-state index in [1.54, 1.807) is 6.20 Å². The average molecular weight is 226 g/mol. The Kier molecular flexibility index (Phi) is 2.48. The highest BCUT2D eigenvalue weighted by atomic mass is 15.2. The predicted molar refractivity (Wildman–Crippen MR) is 66.8 cm³/mol. The number of nitrogens with one attached hydrogen (secondary N) is 1. The maximum Gasteiger partial charge on any atom is 0.183 e. The van der Waals surface area contributed by atoms with Gasteiger partial charge in [0.25, 0.3) is 0 Å². The van der Waals surface area contributed by atoms with Gasteiger partial charge in [0.15, 0.2) is 5.82 Å². The van der Waals surface area contributed by atoms with E-state index < -0.39 is 0 Å². The van der Waals surface area contributed by atoms with Crippen molar-refractivity contribution < 1.29 is 0 Å². The highest BCUT2D eigenvalue weighted by Gasteiger charge is 2.12. The number of fused-ring (bicyclic) bond motifs is 1. The van der Waals surface area contributed by atoms with Crippen LogP contribution in [-0.4, -0.2) is 22.2 Å². The van der Waals surface area contributed by atoms with Crippen molar-refractivity contribution >= 4 is 5.82 Å². The first-order valence-corrected chi connectivity index (χ1v) is 5.86. The van der Waals surface area contributed by atoms with Crippen LogP contribution in [0, 0.1) is 0 Å². The molecule has 4 nitrogen and oxygen atoms in total. The largest absolute Gasteiger partial charge is 0.372 e. The predicted octanol–water partition coefficient (Wildman–Crippen LogP) is 2.07. The summed E-state index contributed by atoms with van der Waals surface area (Å²) in [6.45, 7) is 0. The van der Waals surface area contributed by atoms with E-state index in [4.69, 9.17) is 0 Å². The summed E-state index contributed by atoms with van der Waals surface area (Å²) in [5, 5.41) is 11.0. The number of anilines is 1. The second-order valence-corrected chi connectivity index (χ2v) is 4.25. The lowest BCUT2D eigenvalue weighted by atomic mass is 10.1. The summed E-state index contributed by atoms with van der Waals surface area (Å²) in [4.78, 5) is 4.40. The van der Waals surface area contributed by atoms with Gasteiger partial charge in [-0.1, -0.05) is 12.1 Å². The van der Waals surface area contributed by atoms with Crippen molar-refractivity contribution in [2.45, 2.75) is 19.3 Å². The number of hydrogen-bond donors (Lipinski definition) is 1. The van der Waals surface area contributed by atoms with Gasteiger partial charge in [0.05, 0.1) is 6.20 Å². The van der Waals surface area contributed by atoms with Gasteiger partial charge in [-0.05, 0) is 36.5 Å². The summed E-state index contributed by atoms with van der Waals surface area (Å²) >= 11 is 0. The molecule has 0 amide bonds. The van der Waals surface area contributed by atoms with E-state index >= 15 is 0 Å². The van der Waals surface area contributed by atoms with Gasteiger partial charge in [-0.3, -0.25) is 0 Å². The van der Waals surface area contributed by atoms with Crippen molar-refractivity contribution in [1.29, 1.82) is 0 Å². The molecule has 1 aliphatic rings. The number of rotatable bonds is 2. The van der Waals surface area contributed by atoms with Gasteiger partial charge in [0.1, 0.15) is 5.82 Å². The molecule has 1 aromatic heterocycles. The molecule has 2 aromatic rings. The monoisotopic (exact) mass is 226 g/mol. The molecular weight excluding hydrogens is 212 g/mol. The van der Waals surface area contributed by atoms with Gasteiger partial charge >= 0.3 is 0 Å². The molecule has 0 bridgehead atoms. The van der Waals surface area contributed by atoms with Gasteiger partial charge in [0, 0.05) is 12.6 Å². The van der Waals surface area contributed by atoms with E-state index in [0.717, 1.165) is 11.4 Å². The van der Waals surface area contributed by atoms with Crippen LogP contribution in [0.3, 0.4) is 0 Å². The molecule has 0 saturated heterocycles. The number of hydrogen-bond acceptors (Lipinski definition) is 4. The van der Waals surface area contributed by atoms with Crippen LogP contribution in [-0.2, 0) is 12.8 Å². The maximum atomic E-state index is 4.40. The van der Waals surface area contributed by atoms with Crippen LogP contribution < -0.4 is 5.32 Å². The Morgan fingerprint density at radius 3 is 2.94 bits per heavy atom. The molecule has 3 rings (SSSR count). The van der Waals surface area contributed by atoms with Crippen LogP contribution in [0.25, 0.3) is 11.4 Å². The van der Waals surface area contributed by atoms with E-state index in [2.05, 4.69) is 38.7 Å². The standard InChI is InChI=1S/C13H14N4/c1-14-12-8-15-17-13(16-12)11-6-5-9-3-2-4-10(9)7-11/h5-8H,2-4H2,1H3,(H,14,16,17). The normalized spacial score (nSPS) is 13.5. The van der Waals surface area contributed by atoms with E-state index in [1.165, 1.54) is 30.4 Å². The molecular formula is C13H14N4. The van der Waals surface area contributed by atoms with Crippen molar-refractivity contribution in [3.05, 3.63) is 35.5 Å². The molecule has 86 valence electrons. The summed E-state index contributed by atoms with van der Waals surface area (Å²) in [6.07, 6.45) is 5.25. The summed E-state index contributed by atoms with van der Waals surface area (Å²) in [5.41, 5.74) is 3.95. The number of aromatic nitrogens is 3. The van der Waals surface area contributed by atoms with Crippen LogP contribution in [0.1, 0.15) is 17.5 Å². The lowest BCUT2D eigenvalue weighted by molar-refractivity contribution is 0.911. The maximum absolute atomic E-state index is 4.40. The molecule has 17 heavy (non-hydrogen) atoms.